The summed E-state index contributed by atoms with van der Waals surface area (Å²) in [6.07, 6.45) is 6.45. The monoisotopic (exact) mass is 238 g/mol. The predicted molar refractivity (Wildman–Crippen MR) is 61.0 cm³/mol. The fourth-order valence-corrected chi connectivity index (χ4v) is 1.42. The van der Waals surface area contributed by atoms with Crippen molar-refractivity contribution in [3.63, 3.8) is 0 Å². The molecular formula is C11H23Br. The molecule has 0 radical (unpaired) electrons. The van der Waals surface area contributed by atoms with Gasteiger partial charge in [-0.3, -0.25) is 0 Å². The van der Waals surface area contributed by atoms with Crippen molar-refractivity contribution in [2.24, 2.45) is 0 Å². The van der Waals surface area contributed by atoms with Crippen molar-refractivity contribution >= 4 is 15.9 Å². The van der Waals surface area contributed by atoms with Gasteiger partial charge in [-0.05, 0) is 6.37 Å². The lowest BCUT2D eigenvalue weighted by molar-refractivity contribution is 0.573. The average Bonchev–Trinajstić information content (AvgIpc) is 2.14. The third kappa shape index (κ3) is 10.5. The molecule has 0 aromatic carbocycles. The lowest BCUT2D eigenvalue weighted by atomic mass is 10.1. The molecule has 0 heterocycles. The van der Waals surface area contributed by atoms with E-state index in [4.69, 9.17) is 5.48 Å². The van der Waals surface area contributed by atoms with E-state index < -0.39 is 11.7 Å². The summed E-state index contributed by atoms with van der Waals surface area (Å²) in [6.45, 7) is 2.19. The van der Waals surface area contributed by atoms with Crippen molar-refractivity contribution in [1.82, 2.24) is 0 Å². The molecule has 74 valence electrons. The normalized spacial score (nSPS) is 17.8. The lowest BCUT2D eigenvalue weighted by Crippen LogP contribution is -1.81. The van der Waals surface area contributed by atoms with Gasteiger partial charge in [0.25, 0.3) is 0 Å². The van der Waals surface area contributed by atoms with Gasteiger partial charge in [-0.2, -0.15) is 0 Å². The number of hydrogen-bond acceptors (Lipinski definition) is 0. The predicted octanol–water partition coefficient (Wildman–Crippen LogP) is 4.91. The van der Waals surface area contributed by atoms with Crippen molar-refractivity contribution in [1.29, 1.82) is 0 Å². The molecule has 0 aromatic rings. The standard InChI is InChI=1S/C11H23Br/c1-2-3-4-5-6-7-8-9-10-11-12/h2-11H2,1H3/i10D2,11D2. The van der Waals surface area contributed by atoms with E-state index in [9.17, 15) is 0 Å². The Labute approximate surface area is 91.9 Å². The summed E-state index contributed by atoms with van der Waals surface area (Å²) in [7, 11) is 0. The fourth-order valence-electron chi connectivity index (χ4n) is 1.22. The molecule has 0 unspecified atom stereocenters. The van der Waals surface area contributed by atoms with Crippen LogP contribution < -0.4 is 0 Å². The SMILES string of the molecule is [2H]C([2H])(Br)C([2H])([2H])CCCCCCCCC. The first-order valence-corrected chi connectivity index (χ1v) is 5.79. The molecule has 12 heavy (non-hydrogen) atoms. The molecule has 0 fully saturated rings. The Kier molecular flexibility index (Phi) is 6.57. The first-order valence-electron chi connectivity index (χ1n) is 7.00. The summed E-state index contributed by atoms with van der Waals surface area (Å²) in [6, 6.07) is 0. The van der Waals surface area contributed by atoms with E-state index in [1.165, 1.54) is 25.7 Å². The van der Waals surface area contributed by atoms with Crippen LogP contribution in [0.1, 0.15) is 70.1 Å². The largest absolute Gasteiger partial charge is 0.0928 e. The zero-order chi connectivity index (χ0) is 12.7. The molecule has 0 bridgehead atoms. The molecule has 0 aliphatic rings. The van der Waals surface area contributed by atoms with E-state index in [0.29, 0.717) is 6.42 Å². The molecule has 0 N–H and O–H groups in total. The minimum Gasteiger partial charge on any atom is -0.0928 e. The van der Waals surface area contributed by atoms with Gasteiger partial charge < -0.3 is 0 Å². The van der Waals surface area contributed by atoms with E-state index in [2.05, 4.69) is 22.9 Å². The van der Waals surface area contributed by atoms with E-state index in [1.807, 2.05) is 0 Å². The maximum Gasteiger partial charge on any atom is 0.0387 e. The fraction of sp³-hybridized carbons (Fsp3) is 1.00. The Hall–Kier alpha value is 0.480. The van der Waals surface area contributed by atoms with Crippen LogP contribution in [0.2, 0.25) is 0 Å². The lowest BCUT2D eigenvalue weighted by Gasteiger charge is -1.99. The molecule has 0 atom stereocenters. The summed E-state index contributed by atoms with van der Waals surface area (Å²) in [5.41, 5.74) is 0. The number of rotatable bonds is 9. The van der Waals surface area contributed by atoms with E-state index in [0.717, 1.165) is 19.3 Å². The van der Waals surface area contributed by atoms with Gasteiger partial charge in [0.05, 0.1) is 0 Å². The second-order valence-corrected chi connectivity index (χ2v) is 3.54. The van der Waals surface area contributed by atoms with Crippen molar-refractivity contribution in [2.75, 3.05) is 5.28 Å². The molecular weight excluding hydrogens is 212 g/mol. The van der Waals surface area contributed by atoms with Crippen LogP contribution in [0.3, 0.4) is 0 Å². The molecule has 0 saturated carbocycles. The maximum atomic E-state index is 7.57. The zero-order valence-electron chi connectivity index (χ0n) is 12.0. The molecule has 0 aromatic heterocycles. The number of alkyl halides is 1. The van der Waals surface area contributed by atoms with Gasteiger partial charge in [0, 0.05) is 10.8 Å². The summed E-state index contributed by atoms with van der Waals surface area (Å²) in [5, 5.41) is -1.91. The Balaban J connectivity index is 3.51. The molecule has 0 aliphatic carbocycles. The highest BCUT2D eigenvalue weighted by Gasteiger charge is 1.90. The molecule has 0 aliphatic heterocycles. The Morgan fingerprint density at radius 2 is 1.42 bits per heavy atom. The maximum absolute atomic E-state index is 7.57. The van der Waals surface area contributed by atoms with Gasteiger partial charge in [-0.1, -0.05) is 74.2 Å². The van der Waals surface area contributed by atoms with Crippen LogP contribution in [0.15, 0.2) is 0 Å². The van der Waals surface area contributed by atoms with Crippen LogP contribution in [-0.4, -0.2) is 5.28 Å². The first kappa shape index (κ1) is 6.86. The molecule has 0 rings (SSSR count). The van der Waals surface area contributed by atoms with Gasteiger partial charge >= 0.3 is 0 Å². The van der Waals surface area contributed by atoms with Crippen LogP contribution in [0.5, 0.6) is 0 Å². The van der Waals surface area contributed by atoms with E-state index >= 15 is 0 Å². The molecule has 0 nitrogen and oxygen atoms in total. The highest BCUT2D eigenvalue weighted by molar-refractivity contribution is 9.09. The summed E-state index contributed by atoms with van der Waals surface area (Å²) in [4.78, 5) is 0. The quantitative estimate of drug-likeness (QED) is 0.396. The van der Waals surface area contributed by atoms with Gasteiger partial charge in [-0.25, -0.2) is 0 Å². The highest BCUT2D eigenvalue weighted by Crippen LogP contribution is 2.09. The zero-order valence-corrected chi connectivity index (χ0v) is 9.62. The van der Waals surface area contributed by atoms with Gasteiger partial charge in [0.2, 0.25) is 0 Å². The Bertz CT molecular complexity index is 177. The number of unbranched alkanes of at least 4 members (excludes halogenated alkanes) is 6. The second kappa shape index (κ2) is 11.5. The van der Waals surface area contributed by atoms with Crippen LogP contribution in [0.25, 0.3) is 0 Å². The van der Waals surface area contributed by atoms with E-state index in [-0.39, 0.29) is 0 Å². The van der Waals surface area contributed by atoms with Gasteiger partial charge in [-0.15, -0.1) is 0 Å². The van der Waals surface area contributed by atoms with Crippen LogP contribution >= 0.6 is 15.9 Å². The molecule has 0 spiro atoms. The first-order chi connectivity index (χ1) is 7.31. The minimum absolute atomic E-state index is 0.291. The third-order valence-electron chi connectivity index (χ3n) is 1.97. The van der Waals surface area contributed by atoms with Crippen LogP contribution in [0, 0.1) is 0 Å². The summed E-state index contributed by atoms with van der Waals surface area (Å²) in [5.74, 6) is 0. The van der Waals surface area contributed by atoms with Crippen molar-refractivity contribution in [3.05, 3.63) is 0 Å². The minimum atomic E-state index is -1.91. The average molecular weight is 239 g/mol. The van der Waals surface area contributed by atoms with Gasteiger partial charge in [0.1, 0.15) is 0 Å². The highest BCUT2D eigenvalue weighted by atomic mass is 79.9. The topological polar surface area (TPSA) is 0 Å². The van der Waals surface area contributed by atoms with E-state index in [1.54, 1.807) is 0 Å². The van der Waals surface area contributed by atoms with Crippen molar-refractivity contribution in [3.8, 4) is 0 Å². The molecule has 0 amide bonds. The van der Waals surface area contributed by atoms with Crippen molar-refractivity contribution < 1.29 is 5.48 Å². The smallest absolute Gasteiger partial charge is 0.0387 e. The van der Waals surface area contributed by atoms with Crippen LogP contribution in [0.4, 0.5) is 0 Å². The Morgan fingerprint density at radius 1 is 0.917 bits per heavy atom. The van der Waals surface area contributed by atoms with Crippen LogP contribution in [-0.2, 0) is 0 Å². The number of hydrogen-bond donors (Lipinski definition) is 0. The van der Waals surface area contributed by atoms with Gasteiger partial charge in [0.15, 0.2) is 0 Å². The summed E-state index contributed by atoms with van der Waals surface area (Å²) < 4.78 is 29.8. The molecule has 0 saturated heterocycles. The second-order valence-electron chi connectivity index (χ2n) is 3.14. The third-order valence-corrected chi connectivity index (χ3v) is 2.25. The Morgan fingerprint density at radius 3 is 1.92 bits per heavy atom. The molecule has 1 heteroatoms. The number of halogens is 1. The summed E-state index contributed by atoms with van der Waals surface area (Å²) >= 11 is 2.76. The van der Waals surface area contributed by atoms with Crippen molar-refractivity contribution in [2.45, 2.75) is 64.7 Å².